The van der Waals surface area contributed by atoms with Gasteiger partial charge in [-0.2, -0.15) is 0 Å². The summed E-state index contributed by atoms with van der Waals surface area (Å²) in [5.41, 5.74) is 2.38. The van der Waals surface area contributed by atoms with Gasteiger partial charge in [0.25, 0.3) is 0 Å². The minimum Gasteiger partial charge on any atom is -0.490 e. The van der Waals surface area contributed by atoms with Gasteiger partial charge in [-0.25, -0.2) is 0 Å². The Kier molecular flexibility index (Phi) is 3.38. The van der Waals surface area contributed by atoms with E-state index in [1.807, 2.05) is 6.07 Å². The first-order valence-corrected chi connectivity index (χ1v) is 8.27. The normalized spacial score (nSPS) is 18.3. The number of ether oxygens (including phenoxy) is 1. The summed E-state index contributed by atoms with van der Waals surface area (Å²) in [6, 6.07) is 7.01. The second-order valence-electron chi connectivity index (χ2n) is 6.35. The van der Waals surface area contributed by atoms with Gasteiger partial charge in [-0.1, -0.05) is 19.1 Å². The molecular formula is C18H23NO2. The molecule has 0 aliphatic heterocycles. The molecule has 0 saturated heterocycles. The fourth-order valence-corrected chi connectivity index (χ4v) is 2.96. The minimum atomic E-state index is 0.698. The summed E-state index contributed by atoms with van der Waals surface area (Å²) in [6.07, 6.45) is 6.23. The van der Waals surface area contributed by atoms with Gasteiger partial charge in [0.05, 0.1) is 13.2 Å². The quantitative estimate of drug-likeness (QED) is 0.821. The van der Waals surface area contributed by atoms with Crippen LogP contribution in [0.4, 0.5) is 0 Å². The van der Waals surface area contributed by atoms with Gasteiger partial charge in [0.2, 0.25) is 0 Å². The minimum absolute atomic E-state index is 0.698. The van der Waals surface area contributed by atoms with Crippen molar-refractivity contribution in [3.05, 3.63) is 29.5 Å². The highest BCUT2D eigenvalue weighted by Crippen LogP contribution is 2.47. The fourth-order valence-electron chi connectivity index (χ4n) is 2.96. The van der Waals surface area contributed by atoms with Crippen LogP contribution < -0.4 is 10.1 Å². The van der Waals surface area contributed by atoms with E-state index in [9.17, 15) is 0 Å². The molecule has 0 unspecified atom stereocenters. The average molecular weight is 285 g/mol. The first-order valence-electron chi connectivity index (χ1n) is 8.27. The molecule has 112 valence electrons. The number of fused-ring (bicyclic) bond motifs is 1. The first-order chi connectivity index (χ1) is 10.4. The average Bonchev–Trinajstić information content (AvgIpc) is 3.41. The van der Waals surface area contributed by atoms with Crippen LogP contribution in [0.1, 0.15) is 56.3 Å². The molecule has 0 radical (unpaired) electrons. The van der Waals surface area contributed by atoms with E-state index in [0.29, 0.717) is 12.0 Å². The lowest BCUT2D eigenvalue weighted by atomic mass is 10.1. The van der Waals surface area contributed by atoms with Gasteiger partial charge in [0.15, 0.2) is 11.3 Å². The second-order valence-corrected chi connectivity index (χ2v) is 6.35. The van der Waals surface area contributed by atoms with Crippen molar-refractivity contribution in [3.8, 4) is 5.75 Å². The molecule has 1 aromatic carbocycles. The van der Waals surface area contributed by atoms with E-state index < -0.39 is 0 Å². The molecule has 0 atom stereocenters. The smallest absolute Gasteiger partial charge is 0.176 e. The Morgan fingerprint density at radius 1 is 1.24 bits per heavy atom. The van der Waals surface area contributed by atoms with Crippen molar-refractivity contribution in [1.29, 1.82) is 0 Å². The summed E-state index contributed by atoms with van der Waals surface area (Å²) in [6.45, 7) is 3.73. The van der Waals surface area contributed by atoms with Gasteiger partial charge in [-0.3, -0.25) is 0 Å². The van der Waals surface area contributed by atoms with Gasteiger partial charge in [0, 0.05) is 17.0 Å². The second kappa shape index (κ2) is 5.38. The molecule has 0 spiro atoms. The zero-order valence-corrected chi connectivity index (χ0v) is 12.7. The van der Waals surface area contributed by atoms with Crippen molar-refractivity contribution in [2.75, 3.05) is 6.61 Å². The van der Waals surface area contributed by atoms with E-state index in [0.717, 1.165) is 36.7 Å². The molecule has 1 N–H and O–H groups in total. The third kappa shape index (κ3) is 2.67. The summed E-state index contributed by atoms with van der Waals surface area (Å²) >= 11 is 0. The zero-order chi connectivity index (χ0) is 14.2. The van der Waals surface area contributed by atoms with Crippen molar-refractivity contribution >= 4 is 11.0 Å². The van der Waals surface area contributed by atoms with Crippen molar-refractivity contribution in [2.45, 2.75) is 57.5 Å². The fraction of sp³-hybridized carbons (Fsp3) is 0.556. The van der Waals surface area contributed by atoms with Crippen LogP contribution >= 0.6 is 0 Å². The van der Waals surface area contributed by atoms with E-state index in [1.165, 1.54) is 36.6 Å². The van der Waals surface area contributed by atoms with Crippen LogP contribution in [0.3, 0.4) is 0 Å². The Labute approximate surface area is 125 Å². The maximum absolute atomic E-state index is 6.22. The highest BCUT2D eigenvalue weighted by molar-refractivity contribution is 5.88. The molecule has 1 aromatic heterocycles. The number of hydrogen-bond acceptors (Lipinski definition) is 3. The standard InChI is InChI=1S/C18H23NO2/c1-2-10-20-15-5-3-4-14-17(12-6-7-12)16(21-18(14)15)11-19-13-8-9-13/h3-5,12-13,19H,2,6-11H2,1H3. The maximum Gasteiger partial charge on any atom is 0.176 e. The molecule has 2 aliphatic carbocycles. The lowest BCUT2D eigenvalue weighted by Crippen LogP contribution is -2.15. The van der Waals surface area contributed by atoms with E-state index in [1.54, 1.807) is 0 Å². The zero-order valence-electron chi connectivity index (χ0n) is 12.7. The Morgan fingerprint density at radius 3 is 2.81 bits per heavy atom. The molecule has 21 heavy (non-hydrogen) atoms. The number of hydrogen-bond donors (Lipinski definition) is 1. The summed E-state index contributed by atoms with van der Waals surface area (Å²) in [7, 11) is 0. The molecule has 2 saturated carbocycles. The first kappa shape index (κ1) is 13.2. The van der Waals surface area contributed by atoms with Crippen LogP contribution in [0.25, 0.3) is 11.0 Å². The van der Waals surface area contributed by atoms with Crippen molar-refractivity contribution < 1.29 is 9.15 Å². The lowest BCUT2D eigenvalue weighted by Gasteiger charge is -2.04. The van der Waals surface area contributed by atoms with Gasteiger partial charge in [0.1, 0.15) is 5.76 Å². The third-order valence-electron chi connectivity index (χ3n) is 4.37. The van der Waals surface area contributed by atoms with E-state index in [4.69, 9.17) is 9.15 Å². The van der Waals surface area contributed by atoms with E-state index >= 15 is 0 Å². The summed E-state index contributed by atoms with van der Waals surface area (Å²) < 4.78 is 12.1. The van der Waals surface area contributed by atoms with Crippen LogP contribution in [0.15, 0.2) is 22.6 Å². The molecule has 3 nitrogen and oxygen atoms in total. The van der Waals surface area contributed by atoms with Crippen LogP contribution in [-0.4, -0.2) is 12.6 Å². The molecule has 1 heterocycles. The Bertz CT molecular complexity index is 638. The number of nitrogens with one attached hydrogen (secondary N) is 1. The molecule has 2 fully saturated rings. The summed E-state index contributed by atoms with van der Waals surface area (Å²) in [5, 5.41) is 4.85. The highest BCUT2D eigenvalue weighted by Gasteiger charge is 2.32. The molecule has 2 aliphatic rings. The molecule has 2 aromatic rings. The predicted molar refractivity (Wildman–Crippen MR) is 83.8 cm³/mol. The largest absolute Gasteiger partial charge is 0.490 e. The Hall–Kier alpha value is -1.48. The van der Waals surface area contributed by atoms with E-state index in [-0.39, 0.29) is 0 Å². The third-order valence-corrected chi connectivity index (χ3v) is 4.37. The Balaban J connectivity index is 1.70. The van der Waals surface area contributed by atoms with Gasteiger partial charge < -0.3 is 14.5 Å². The maximum atomic E-state index is 6.22. The number of para-hydroxylation sites is 1. The SMILES string of the molecule is CCCOc1cccc2c(C3CC3)c(CNC3CC3)oc12. The number of rotatable bonds is 7. The number of furan rings is 1. The van der Waals surface area contributed by atoms with Gasteiger partial charge in [-0.05, 0) is 44.1 Å². The molecule has 0 amide bonds. The molecule has 3 heteroatoms. The van der Waals surface area contributed by atoms with Crippen LogP contribution in [0, 0.1) is 0 Å². The number of benzene rings is 1. The molecule has 4 rings (SSSR count). The van der Waals surface area contributed by atoms with Crippen molar-refractivity contribution in [2.24, 2.45) is 0 Å². The summed E-state index contributed by atoms with van der Waals surface area (Å²) in [5.74, 6) is 2.73. The van der Waals surface area contributed by atoms with Gasteiger partial charge >= 0.3 is 0 Å². The van der Waals surface area contributed by atoms with E-state index in [2.05, 4.69) is 24.4 Å². The topological polar surface area (TPSA) is 34.4 Å². The monoisotopic (exact) mass is 285 g/mol. The Morgan fingerprint density at radius 2 is 2.10 bits per heavy atom. The molecular weight excluding hydrogens is 262 g/mol. The highest BCUT2D eigenvalue weighted by atomic mass is 16.5. The van der Waals surface area contributed by atoms with Crippen molar-refractivity contribution in [3.63, 3.8) is 0 Å². The predicted octanol–water partition coefficient (Wildman–Crippen LogP) is 4.35. The molecule has 0 bridgehead atoms. The van der Waals surface area contributed by atoms with Crippen LogP contribution in [-0.2, 0) is 6.54 Å². The van der Waals surface area contributed by atoms with Crippen LogP contribution in [0.5, 0.6) is 5.75 Å². The van der Waals surface area contributed by atoms with Gasteiger partial charge in [-0.15, -0.1) is 0 Å². The summed E-state index contributed by atoms with van der Waals surface area (Å²) in [4.78, 5) is 0. The lowest BCUT2D eigenvalue weighted by molar-refractivity contribution is 0.315. The van der Waals surface area contributed by atoms with Crippen LogP contribution in [0.2, 0.25) is 0 Å². The van der Waals surface area contributed by atoms with Crippen molar-refractivity contribution in [1.82, 2.24) is 5.32 Å².